The van der Waals surface area contributed by atoms with Crippen molar-refractivity contribution in [3.05, 3.63) is 5.82 Å². The summed E-state index contributed by atoms with van der Waals surface area (Å²) in [6, 6.07) is 0.965. The van der Waals surface area contributed by atoms with Gasteiger partial charge < -0.3 is 16.0 Å². The van der Waals surface area contributed by atoms with Crippen molar-refractivity contribution in [2.75, 3.05) is 37.8 Å². The summed E-state index contributed by atoms with van der Waals surface area (Å²) in [6.07, 6.45) is 0. The fraction of sp³-hybridized carbons (Fsp3) is 0.750. The summed E-state index contributed by atoms with van der Waals surface area (Å²) in [5, 5.41) is 3.51. The summed E-state index contributed by atoms with van der Waals surface area (Å²) < 4.78 is 0. The number of anilines is 2. The number of nitrogens with zero attached hydrogens (tertiary/aromatic N) is 5. The van der Waals surface area contributed by atoms with Gasteiger partial charge in [0.25, 0.3) is 0 Å². The number of piperazine rings is 1. The Hall–Kier alpha value is -1.47. The molecule has 0 bridgehead atoms. The zero-order chi connectivity index (χ0) is 14.0. The highest BCUT2D eigenvalue weighted by Crippen LogP contribution is 2.10. The molecule has 19 heavy (non-hydrogen) atoms. The summed E-state index contributed by atoms with van der Waals surface area (Å²) in [5.74, 6) is 1.63. The Labute approximate surface area is 114 Å². The standard InChI is InChI=1S/C12H23N7/c1-8-5-19(6-9(2)14-8)7-10-15-11(13)17-12(16-10)18(3)4/h8-9,14H,5-7H2,1-4H3,(H2,13,15,16,17). The Bertz CT molecular complexity index is 424. The van der Waals surface area contributed by atoms with Crippen molar-refractivity contribution in [1.29, 1.82) is 0 Å². The van der Waals surface area contributed by atoms with E-state index in [1.807, 2.05) is 19.0 Å². The molecule has 7 nitrogen and oxygen atoms in total. The van der Waals surface area contributed by atoms with Crippen molar-refractivity contribution < 1.29 is 0 Å². The van der Waals surface area contributed by atoms with Gasteiger partial charge in [0.1, 0.15) is 5.82 Å². The van der Waals surface area contributed by atoms with Crippen molar-refractivity contribution in [2.45, 2.75) is 32.5 Å². The number of hydrogen-bond acceptors (Lipinski definition) is 7. The van der Waals surface area contributed by atoms with Crippen molar-refractivity contribution in [1.82, 2.24) is 25.2 Å². The van der Waals surface area contributed by atoms with E-state index in [2.05, 4.69) is 39.0 Å². The van der Waals surface area contributed by atoms with Crippen LogP contribution in [0.2, 0.25) is 0 Å². The van der Waals surface area contributed by atoms with Crippen LogP contribution in [0, 0.1) is 0 Å². The van der Waals surface area contributed by atoms with Crippen LogP contribution < -0.4 is 16.0 Å². The second kappa shape index (κ2) is 5.66. The predicted octanol–water partition coefficient (Wildman–Crippen LogP) is -0.298. The van der Waals surface area contributed by atoms with Crippen LogP contribution >= 0.6 is 0 Å². The van der Waals surface area contributed by atoms with Gasteiger partial charge in [-0.2, -0.15) is 15.0 Å². The highest BCUT2D eigenvalue weighted by molar-refractivity contribution is 5.32. The largest absolute Gasteiger partial charge is 0.368 e. The van der Waals surface area contributed by atoms with Gasteiger partial charge in [0, 0.05) is 39.3 Å². The first-order chi connectivity index (χ1) is 8.94. The van der Waals surface area contributed by atoms with E-state index in [0.717, 1.165) is 18.9 Å². The van der Waals surface area contributed by atoms with Crippen molar-refractivity contribution in [3.8, 4) is 0 Å². The molecule has 2 atom stereocenters. The number of rotatable bonds is 3. The number of hydrogen-bond donors (Lipinski definition) is 2. The van der Waals surface area contributed by atoms with E-state index in [-0.39, 0.29) is 5.95 Å². The maximum absolute atomic E-state index is 5.74. The maximum Gasteiger partial charge on any atom is 0.229 e. The Morgan fingerprint density at radius 2 is 1.84 bits per heavy atom. The molecule has 7 heteroatoms. The smallest absolute Gasteiger partial charge is 0.229 e. The van der Waals surface area contributed by atoms with E-state index < -0.39 is 0 Å². The van der Waals surface area contributed by atoms with Gasteiger partial charge in [-0.05, 0) is 13.8 Å². The molecule has 1 aromatic heterocycles. The molecule has 1 aliphatic heterocycles. The van der Waals surface area contributed by atoms with Crippen LogP contribution in [-0.4, -0.2) is 59.1 Å². The molecular formula is C12H23N7. The molecule has 1 saturated heterocycles. The first-order valence-corrected chi connectivity index (χ1v) is 6.60. The lowest BCUT2D eigenvalue weighted by atomic mass is 10.1. The summed E-state index contributed by atoms with van der Waals surface area (Å²) in [4.78, 5) is 17.0. The lowest BCUT2D eigenvalue weighted by Crippen LogP contribution is -2.53. The van der Waals surface area contributed by atoms with Crippen molar-refractivity contribution in [3.63, 3.8) is 0 Å². The minimum Gasteiger partial charge on any atom is -0.368 e. The molecule has 0 spiro atoms. The average Bonchev–Trinajstić information content (AvgIpc) is 2.26. The SMILES string of the molecule is CC1CN(Cc2nc(N)nc(N(C)C)n2)CC(C)N1. The molecule has 0 amide bonds. The molecule has 3 N–H and O–H groups in total. The minimum absolute atomic E-state index is 0.282. The summed E-state index contributed by atoms with van der Waals surface area (Å²) in [7, 11) is 3.79. The Kier molecular flexibility index (Phi) is 4.16. The molecule has 1 aromatic rings. The second-order valence-electron chi connectivity index (χ2n) is 5.47. The summed E-state index contributed by atoms with van der Waals surface area (Å²) in [6.45, 7) is 7.08. The normalized spacial score (nSPS) is 24.4. The average molecular weight is 265 g/mol. The molecule has 1 fully saturated rings. The molecule has 1 aliphatic rings. The van der Waals surface area contributed by atoms with Crippen molar-refractivity contribution in [2.24, 2.45) is 0 Å². The summed E-state index contributed by atoms with van der Waals surface area (Å²) in [5.41, 5.74) is 5.74. The molecule has 106 valence electrons. The highest BCUT2D eigenvalue weighted by atomic mass is 15.3. The van der Waals surface area contributed by atoms with Crippen LogP contribution in [0.4, 0.5) is 11.9 Å². The highest BCUT2D eigenvalue weighted by Gasteiger charge is 2.22. The molecule has 0 saturated carbocycles. The van der Waals surface area contributed by atoms with E-state index in [0.29, 0.717) is 24.6 Å². The molecule has 0 aliphatic carbocycles. The number of nitrogen functional groups attached to an aromatic ring is 1. The van der Waals surface area contributed by atoms with E-state index in [1.165, 1.54) is 0 Å². The Morgan fingerprint density at radius 3 is 2.42 bits per heavy atom. The fourth-order valence-electron chi connectivity index (χ4n) is 2.47. The van der Waals surface area contributed by atoms with Gasteiger partial charge in [0.05, 0.1) is 6.54 Å². The van der Waals surface area contributed by atoms with Crippen LogP contribution in [0.3, 0.4) is 0 Å². The number of nitrogens with one attached hydrogen (secondary N) is 1. The zero-order valence-electron chi connectivity index (χ0n) is 12.1. The van der Waals surface area contributed by atoms with E-state index in [9.17, 15) is 0 Å². The molecule has 0 radical (unpaired) electrons. The van der Waals surface area contributed by atoms with Crippen LogP contribution in [0.5, 0.6) is 0 Å². The van der Waals surface area contributed by atoms with Gasteiger partial charge >= 0.3 is 0 Å². The third-order valence-corrected chi connectivity index (χ3v) is 3.09. The third-order valence-electron chi connectivity index (χ3n) is 3.09. The number of nitrogens with two attached hydrogens (primary N) is 1. The first kappa shape index (κ1) is 14.0. The Morgan fingerprint density at radius 1 is 1.21 bits per heavy atom. The molecule has 0 aromatic carbocycles. The van der Waals surface area contributed by atoms with Gasteiger partial charge in [-0.1, -0.05) is 0 Å². The minimum atomic E-state index is 0.282. The van der Waals surface area contributed by atoms with E-state index in [1.54, 1.807) is 0 Å². The van der Waals surface area contributed by atoms with Crippen molar-refractivity contribution >= 4 is 11.9 Å². The van der Waals surface area contributed by atoms with Gasteiger partial charge in [-0.25, -0.2) is 0 Å². The van der Waals surface area contributed by atoms with Gasteiger partial charge in [-0.3, -0.25) is 4.90 Å². The third kappa shape index (κ3) is 3.74. The molecule has 2 unspecified atom stereocenters. The quantitative estimate of drug-likeness (QED) is 0.776. The van der Waals surface area contributed by atoms with Gasteiger partial charge in [0.15, 0.2) is 0 Å². The lowest BCUT2D eigenvalue weighted by molar-refractivity contribution is 0.163. The fourth-order valence-corrected chi connectivity index (χ4v) is 2.47. The summed E-state index contributed by atoms with van der Waals surface area (Å²) >= 11 is 0. The van der Waals surface area contributed by atoms with E-state index >= 15 is 0 Å². The topological polar surface area (TPSA) is 83.2 Å². The lowest BCUT2D eigenvalue weighted by Gasteiger charge is -2.35. The Balaban J connectivity index is 2.10. The second-order valence-corrected chi connectivity index (χ2v) is 5.47. The number of aromatic nitrogens is 3. The maximum atomic E-state index is 5.74. The van der Waals surface area contributed by atoms with E-state index in [4.69, 9.17) is 5.73 Å². The van der Waals surface area contributed by atoms with Crippen LogP contribution in [0.15, 0.2) is 0 Å². The van der Waals surface area contributed by atoms with Gasteiger partial charge in [-0.15, -0.1) is 0 Å². The van der Waals surface area contributed by atoms with Gasteiger partial charge in [0.2, 0.25) is 11.9 Å². The first-order valence-electron chi connectivity index (χ1n) is 6.60. The molecule has 2 heterocycles. The monoisotopic (exact) mass is 265 g/mol. The predicted molar refractivity (Wildman–Crippen MR) is 75.9 cm³/mol. The van der Waals surface area contributed by atoms with Crippen LogP contribution in [0.25, 0.3) is 0 Å². The van der Waals surface area contributed by atoms with Crippen LogP contribution in [0.1, 0.15) is 19.7 Å². The molecule has 2 rings (SSSR count). The van der Waals surface area contributed by atoms with Crippen LogP contribution in [-0.2, 0) is 6.54 Å². The zero-order valence-corrected chi connectivity index (χ0v) is 12.1. The molecular weight excluding hydrogens is 242 g/mol.